The Kier molecular flexibility index (Phi) is 4.15. The number of hydrogen-bond donors (Lipinski definition) is 2. The molecule has 0 atom stereocenters. The second-order valence-corrected chi connectivity index (χ2v) is 4.79. The average Bonchev–Trinajstić information content (AvgIpc) is 2.96. The highest BCUT2D eigenvalue weighted by molar-refractivity contribution is 6.03. The Balaban J connectivity index is 1.72. The van der Waals surface area contributed by atoms with Crippen LogP contribution in [0.3, 0.4) is 0 Å². The van der Waals surface area contributed by atoms with Crippen molar-refractivity contribution in [2.75, 3.05) is 10.6 Å². The first-order valence-electron chi connectivity index (χ1n) is 6.80. The van der Waals surface area contributed by atoms with Crippen LogP contribution in [0.25, 0.3) is 0 Å². The molecule has 2 aromatic heterocycles. The highest BCUT2D eigenvalue weighted by Crippen LogP contribution is 2.21. The van der Waals surface area contributed by atoms with E-state index in [0.29, 0.717) is 5.76 Å². The summed E-state index contributed by atoms with van der Waals surface area (Å²) in [5.41, 5.74) is -0.219. The third-order valence-corrected chi connectivity index (χ3v) is 2.98. The maximum Gasteiger partial charge on any atom is 0.260 e. The van der Waals surface area contributed by atoms with Crippen molar-refractivity contribution in [1.82, 2.24) is 15.1 Å². The Labute approximate surface area is 134 Å². The Hall–Kier alpha value is -3.36. The smallest absolute Gasteiger partial charge is 0.260 e. The maximum absolute atomic E-state index is 13.5. The van der Waals surface area contributed by atoms with Crippen LogP contribution < -0.4 is 10.6 Å². The molecule has 1 amide bonds. The van der Waals surface area contributed by atoms with Crippen molar-refractivity contribution >= 4 is 23.4 Å². The van der Waals surface area contributed by atoms with Gasteiger partial charge in [-0.05, 0) is 19.1 Å². The maximum atomic E-state index is 13.5. The van der Waals surface area contributed by atoms with Gasteiger partial charge in [0.05, 0.1) is 5.56 Å². The Morgan fingerprint density at radius 1 is 1.17 bits per heavy atom. The van der Waals surface area contributed by atoms with Gasteiger partial charge in [0.25, 0.3) is 5.91 Å². The summed E-state index contributed by atoms with van der Waals surface area (Å²) in [6.07, 6.45) is 2.44. The molecule has 2 heterocycles. The van der Waals surface area contributed by atoms with Gasteiger partial charge in [0.1, 0.15) is 23.1 Å². The van der Waals surface area contributed by atoms with E-state index in [9.17, 15) is 13.6 Å². The largest absolute Gasteiger partial charge is 0.360 e. The zero-order chi connectivity index (χ0) is 17.1. The molecule has 1 aromatic carbocycles. The number of anilines is 3. The number of hydrogen-bond acceptors (Lipinski definition) is 6. The van der Waals surface area contributed by atoms with Crippen LogP contribution in [0.15, 0.2) is 41.2 Å². The zero-order valence-corrected chi connectivity index (χ0v) is 12.4. The van der Waals surface area contributed by atoms with Gasteiger partial charge < -0.3 is 15.2 Å². The lowest BCUT2D eigenvalue weighted by atomic mass is 10.3. The lowest BCUT2D eigenvalue weighted by Gasteiger charge is -2.07. The van der Waals surface area contributed by atoms with Crippen LogP contribution in [0.5, 0.6) is 0 Å². The van der Waals surface area contributed by atoms with Crippen LogP contribution in [0.2, 0.25) is 0 Å². The summed E-state index contributed by atoms with van der Waals surface area (Å²) in [5, 5.41) is 8.56. The lowest BCUT2D eigenvalue weighted by molar-refractivity contribution is 0.102. The highest BCUT2D eigenvalue weighted by atomic mass is 19.1. The van der Waals surface area contributed by atoms with E-state index in [-0.39, 0.29) is 23.0 Å². The molecule has 0 radical (unpaired) electrons. The van der Waals surface area contributed by atoms with E-state index in [4.69, 9.17) is 4.52 Å². The minimum atomic E-state index is -0.776. The number of rotatable bonds is 4. The molecule has 0 aliphatic heterocycles. The van der Waals surface area contributed by atoms with Gasteiger partial charge in [0.15, 0.2) is 5.82 Å². The van der Waals surface area contributed by atoms with Crippen LogP contribution >= 0.6 is 0 Å². The topological polar surface area (TPSA) is 92.9 Å². The number of halogens is 2. The fraction of sp³-hybridized carbons (Fsp3) is 0.0667. The van der Waals surface area contributed by atoms with Crippen molar-refractivity contribution in [3.63, 3.8) is 0 Å². The second kappa shape index (κ2) is 6.41. The van der Waals surface area contributed by atoms with E-state index in [1.54, 1.807) is 13.0 Å². The SMILES string of the molecule is Cc1cc(NC(=O)c2cnc(Nc3c(F)cccc3F)nc2)no1. The first-order chi connectivity index (χ1) is 11.5. The average molecular weight is 331 g/mol. The van der Waals surface area contributed by atoms with Crippen molar-refractivity contribution in [3.05, 3.63) is 59.6 Å². The molecule has 0 bridgehead atoms. The van der Waals surface area contributed by atoms with Gasteiger partial charge in [0, 0.05) is 18.5 Å². The predicted molar refractivity (Wildman–Crippen MR) is 80.9 cm³/mol. The molecule has 0 fully saturated rings. The molecule has 7 nitrogen and oxygen atoms in total. The minimum absolute atomic E-state index is 0.0483. The molecule has 0 saturated heterocycles. The molecular weight excluding hydrogens is 320 g/mol. The van der Waals surface area contributed by atoms with Crippen LogP contribution in [0, 0.1) is 18.6 Å². The molecule has 3 rings (SSSR count). The van der Waals surface area contributed by atoms with Gasteiger partial charge in [-0.3, -0.25) is 4.79 Å². The Bertz CT molecular complexity index is 860. The molecule has 0 aliphatic carbocycles. The lowest BCUT2D eigenvalue weighted by Crippen LogP contribution is -2.13. The van der Waals surface area contributed by atoms with Crippen molar-refractivity contribution in [3.8, 4) is 0 Å². The number of benzene rings is 1. The number of nitrogens with one attached hydrogen (secondary N) is 2. The van der Waals surface area contributed by atoms with Crippen molar-refractivity contribution in [2.24, 2.45) is 0 Å². The van der Waals surface area contributed by atoms with Gasteiger partial charge >= 0.3 is 0 Å². The monoisotopic (exact) mass is 331 g/mol. The molecule has 2 N–H and O–H groups in total. The number of para-hydroxylation sites is 1. The van der Waals surface area contributed by atoms with Crippen LogP contribution in [0.4, 0.5) is 26.2 Å². The third-order valence-electron chi connectivity index (χ3n) is 2.98. The van der Waals surface area contributed by atoms with Crippen LogP contribution in [-0.2, 0) is 0 Å². The summed E-state index contributed by atoms with van der Waals surface area (Å²) < 4.78 is 31.9. The van der Waals surface area contributed by atoms with E-state index < -0.39 is 17.5 Å². The summed E-state index contributed by atoms with van der Waals surface area (Å²) in [7, 11) is 0. The summed E-state index contributed by atoms with van der Waals surface area (Å²) in [6, 6.07) is 5.01. The number of aromatic nitrogens is 3. The number of nitrogens with zero attached hydrogens (tertiary/aromatic N) is 3. The van der Waals surface area contributed by atoms with Gasteiger partial charge in [-0.25, -0.2) is 18.7 Å². The quantitative estimate of drug-likeness (QED) is 0.763. The molecule has 0 saturated carbocycles. The van der Waals surface area contributed by atoms with Crippen LogP contribution in [-0.4, -0.2) is 21.0 Å². The van der Waals surface area contributed by atoms with E-state index in [1.165, 1.54) is 18.5 Å². The van der Waals surface area contributed by atoms with Crippen LogP contribution in [0.1, 0.15) is 16.1 Å². The van der Waals surface area contributed by atoms with E-state index in [2.05, 4.69) is 25.8 Å². The fourth-order valence-electron chi connectivity index (χ4n) is 1.85. The molecular formula is C15H11F2N5O2. The Morgan fingerprint density at radius 3 is 2.42 bits per heavy atom. The first-order valence-corrected chi connectivity index (χ1v) is 6.80. The highest BCUT2D eigenvalue weighted by Gasteiger charge is 2.12. The first kappa shape index (κ1) is 15.5. The van der Waals surface area contributed by atoms with Crippen molar-refractivity contribution < 1.29 is 18.1 Å². The summed E-state index contributed by atoms with van der Waals surface area (Å²) in [6.45, 7) is 1.69. The van der Waals surface area contributed by atoms with Gasteiger partial charge in [0.2, 0.25) is 5.95 Å². The normalized spacial score (nSPS) is 10.5. The molecule has 0 spiro atoms. The number of carbonyl (C=O) groups excluding carboxylic acids is 1. The molecule has 3 aromatic rings. The predicted octanol–water partition coefficient (Wildman–Crippen LogP) is 3.05. The zero-order valence-electron chi connectivity index (χ0n) is 12.4. The summed E-state index contributed by atoms with van der Waals surface area (Å²) in [4.78, 5) is 19.7. The fourth-order valence-corrected chi connectivity index (χ4v) is 1.85. The standard InChI is InChI=1S/C15H11F2N5O2/c1-8-5-12(22-24-8)20-14(23)9-6-18-15(19-7-9)21-13-10(16)3-2-4-11(13)17/h2-7H,1H3,(H,18,19,21)(H,20,22,23). The molecule has 0 unspecified atom stereocenters. The van der Waals surface area contributed by atoms with Gasteiger partial charge in [-0.1, -0.05) is 11.2 Å². The van der Waals surface area contributed by atoms with Crippen molar-refractivity contribution in [2.45, 2.75) is 6.92 Å². The van der Waals surface area contributed by atoms with E-state index in [1.807, 2.05) is 0 Å². The van der Waals surface area contributed by atoms with E-state index in [0.717, 1.165) is 12.1 Å². The number of aryl methyl sites for hydroxylation is 1. The third kappa shape index (κ3) is 3.35. The second-order valence-electron chi connectivity index (χ2n) is 4.79. The van der Waals surface area contributed by atoms with E-state index >= 15 is 0 Å². The summed E-state index contributed by atoms with van der Waals surface area (Å²) >= 11 is 0. The van der Waals surface area contributed by atoms with Gasteiger partial charge in [-0.2, -0.15) is 0 Å². The Morgan fingerprint density at radius 2 is 1.83 bits per heavy atom. The minimum Gasteiger partial charge on any atom is -0.360 e. The van der Waals surface area contributed by atoms with Gasteiger partial charge in [-0.15, -0.1) is 0 Å². The molecule has 122 valence electrons. The van der Waals surface area contributed by atoms with Crippen molar-refractivity contribution in [1.29, 1.82) is 0 Å². The molecule has 9 heteroatoms. The molecule has 24 heavy (non-hydrogen) atoms. The number of amides is 1. The summed E-state index contributed by atoms with van der Waals surface area (Å²) in [5.74, 6) is -1.29. The number of carbonyl (C=O) groups is 1. The molecule has 0 aliphatic rings.